The van der Waals surface area contributed by atoms with Gasteiger partial charge in [0.2, 0.25) is 0 Å². The van der Waals surface area contributed by atoms with Crippen molar-refractivity contribution in [3.8, 4) is 0 Å². The van der Waals surface area contributed by atoms with Gasteiger partial charge in [0.15, 0.2) is 0 Å². The molecule has 3 N–H and O–H groups in total. The fourth-order valence-electron chi connectivity index (χ4n) is 6.24. The summed E-state index contributed by atoms with van der Waals surface area (Å²) in [6, 6.07) is 30.3. The second-order valence-corrected chi connectivity index (χ2v) is 11.8. The molecule has 4 unspecified atom stereocenters. The maximum absolute atomic E-state index is 10.7. The molecule has 4 aromatic rings. The van der Waals surface area contributed by atoms with Gasteiger partial charge in [-0.1, -0.05) is 100 Å². The van der Waals surface area contributed by atoms with E-state index in [-0.39, 0.29) is 36.0 Å². The van der Waals surface area contributed by atoms with Crippen LogP contribution in [0.15, 0.2) is 102 Å². The molecule has 0 spiro atoms. The van der Waals surface area contributed by atoms with Crippen LogP contribution in [0.1, 0.15) is 46.4 Å². The molecule has 0 aromatic heterocycles. The average molecular weight is 597 g/mol. The van der Waals surface area contributed by atoms with E-state index < -0.39 is 0 Å². The molecule has 4 atom stereocenters. The van der Waals surface area contributed by atoms with Crippen LogP contribution in [0, 0.1) is 11.8 Å². The summed E-state index contributed by atoms with van der Waals surface area (Å²) < 4.78 is 0. The van der Waals surface area contributed by atoms with E-state index in [1.54, 1.807) is 0 Å². The third-order valence-electron chi connectivity index (χ3n) is 7.78. The van der Waals surface area contributed by atoms with Crippen LogP contribution in [0.5, 0.6) is 0 Å². The lowest BCUT2D eigenvalue weighted by molar-refractivity contribution is 0.149. The largest absolute Gasteiger partial charge is 0.411 e. The molecular formula is C31H25Cl4N3O. The van der Waals surface area contributed by atoms with Crippen LogP contribution in [-0.2, 0) is 0 Å². The number of benzene rings is 4. The average Bonchev–Trinajstić information content (AvgIpc) is 2.93. The first-order chi connectivity index (χ1) is 18.9. The summed E-state index contributed by atoms with van der Waals surface area (Å²) in [7, 11) is 0. The molecule has 198 valence electrons. The third kappa shape index (κ3) is 5.18. The number of piperidine rings is 2. The van der Waals surface area contributed by atoms with Crippen molar-refractivity contribution in [1.82, 2.24) is 10.6 Å². The van der Waals surface area contributed by atoms with Crippen LogP contribution in [0.4, 0.5) is 0 Å². The van der Waals surface area contributed by atoms with Crippen molar-refractivity contribution in [3.05, 3.63) is 139 Å². The molecule has 0 radical (unpaired) electrons. The van der Waals surface area contributed by atoms with Gasteiger partial charge in [0.1, 0.15) is 0 Å². The second-order valence-electron chi connectivity index (χ2n) is 10.0. The van der Waals surface area contributed by atoms with Crippen molar-refractivity contribution in [1.29, 1.82) is 0 Å². The standard InChI is InChI=1S/C31H25Cl4N3O/c32-21-9-1-5-17(13-21)27-25-28(18-6-2-10-22(33)14-18)37-30(20-8-4-12-24(35)16-20)26(31(25)38-39)29(36-27)19-7-3-11-23(34)15-19/h1-16,25-30,36-37,39H. The molecule has 6 rings (SSSR count). The van der Waals surface area contributed by atoms with Crippen LogP contribution in [0.25, 0.3) is 0 Å². The van der Waals surface area contributed by atoms with E-state index in [9.17, 15) is 5.21 Å². The van der Waals surface area contributed by atoms with Crippen molar-refractivity contribution in [2.45, 2.75) is 24.2 Å². The number of rotatable bonds is 4. The molecule has 0 saturated carbocycles. The van der Waals surface area contributed by atoms with Gasteiger partial charge in [-0.05, 0) is 70.8 Å². The number of hydrogen-bond acceptors (Lipinski definition) is 4. The Hall–Kier alpha value is -2.57. The minimum absolute atomic E-state index is 0.230. The Morgan fingerprint density at radius 1 is 0.487 bits per heavy atom. The molecule has 2 aliphatic rings. The van der Waals surface area contributed by atoms with E-state index in [4.69, 9.17) is 46.4 Å². The molecule has 2 aliphatic heterocycles. The van der Waals surface area contributed by atoms with Crippen LogP contribution >= 0.6 is 46.4 Å². The van der Waals surface area contributed by atoms with E-state index in [0.717, 1.165) is 22.3 Å². The number of halogens is 4. The SMILES string of the molecule is ON=C1C2C(c3cccc(Cl)c3)NC(c3cccc(Cl)c3)C1C(c1cccc(Cl)c1)NC2c1cccc(Cl)c1. The minimum atomic E-state index is -0.247. The maximum atomic E-state index is 10.7. The predicted molar refractivity (Wildman–Crippen MR) is 159 cm³/mol. The highest BCUT2D eigenvalue weighted by Crippen LogP contribution is 2.53. The summed E-state index contributed by atoms with van der Waals surface area (Å²) in [4.78, 5) is 0. The molecule has 0 amide bonds. The van der Waals surface area contributed by atoms with Gasteiger partial charge < -0.3 is 15.8 Å². The zero-order chi connectivity index (χ0) is 27.1. The van der Waals surface area contributed by atoms with Crippen LogP contribution in [0.2, 0.25) is 20.1 Å². The lowest BCUT2D eigenvalue weighted by Crippen LogP contribution is -2.60. The van der Waals surface area contributed by atoms with E-state index >= 15 is 0 Å². The number of hydrogen-bond donors (Lipinski definition) is 3. The molecule has 0 aliphatic carbocycles. The maximum Gasteiger partial charge on any atom is 0.0708 e. The Morgan fingerprint density at radius 2 is 0.769 bits per heavy atom. The van der Waals surface area contributed by atoms with Crippen molar-refractivity contribution in [2.24, 2.45) is 17.0 Å². The zero-order valence-corrected chi connectivity index (χ0v) is 23.6. The first-order valence-electron chi connectivity index (χ1n) is 12.7. The zero-order valence-electron chi connectivity index (χ0n) is 20.6. The second kappa shape index (κ2) is 11.1. The molecule has 4 aromatic carbocycles. The van der Waals surface area contributed by atoms with Gasteiger partial charge in [0.25, 0.3) is 0 Å². The molecule has 4 nitrogen and oxygen atoms in total. The normalized spacial score (nSPS) is 26.3. The highest BCUT2D eigenvalue weighted by atomic mass is 35.5. The Kier molecular flexibility index (Phi) is 7.60. The Bertz CT molecular complexity index is 1330. The van der Waals surface area contributed by atoms with Gasteiger partial charge in [-0.2, -0.15) is 0 Å². The first kappa shape index (κ1) is 26.6. The molecular weight excluding hydrogens is 572 g/mol. The summed E-state index contributed by atoms with van der Waals surface area (Å²) in [5.41, 5.74) is 4.67. The third-order valence-corrected chi connectivity index (χ3v) is 8.72. The Morgan fingerprint density at radius 3 is 1.00 bits per heavy atom. The summed E-state index contributed by atoms with van der Waals surface area (Å²) in [5, 5.41) is 25.1. The summed E-state index contributed by atoms with van der Waals surface area (Å²) in [6.45, 7) is 0. The van der Waals surface area contributed by atoms with Crippen molar-refractivity contribution >= 4 is 52.1 Å². The molecule has 39 heavy (non-hydrogen) atoms. The Balaban J connectivity index is 1.57. The van der Waals surface area contributed by atoms with Crippen LogP contribution in [-0.4, -0.2) is 10.9 Å². The topological polar surface area (TPSA) is 56.7 Å². The first-order valence-corrected chi connectivity index (χ1v) is 14.2. The monoisotopic (exact) mass is 595 g/mol. The van der Waals surface area contributed by atoms with Gasteiger partial charge >= 0.3 is 0 Å². The summed E-state index contributed by atoms with van der Waals surface area (Å²) in [6.07, 6.45) is 0. The fraction of sp³-hybridized carbons (Fsp3) is 0.194. The number of oxime groups is 1. The molecule has 2 heterocycles. The van der Waals surface area contributed by atoms with Crippen LogP contribution in [0.3, 0.4) is 0 Å². The van der Waals surface area contributed by atoms with Gasteiger partial charge in [0.05, 0.1) is 5.71 Å². The summed E-state index contributed by atoms with van der Waals surface area (Å²) >= 11 is 25.9. The highest BCUT2D eigenvalue weighted by Gasteiger charge is 2.54. The fourth-order valence-corrected chi connectivity index (χ4v) is 7.03. The van der Waals surface area contributed by atoms with Gasteiger partial charge in [-0.15, -0.1) is 0 Å². The van der Waals surface area contributed by atoms with E-state index in [0.29, 0.717) is 25.8 Å². The van der Waals surface area contributed by atoms with Crippen molar-refractivity contribution in [2.75, 3.05) is 0 Å². The van der Waals surface area contributed by atoms with Crippen molar-refractivity contribution in [3.63, 3.8) is 0 Å². The lowest BCUT2D eigenvalue weighted by atomic mass is 9.63. The number of fused-ring (bicyclic) bond motifs is 2. The van der Waals surface area contributed by atoms with E-state index in [1.807, 2.05) is 97.1 Å². The quantitative estimate of drug-likeness (QED) is 0.163. The van der Waals surface area contributed by atoms with Crippen LogP contribution < -0.4 is 10.6 Å². The van der Waals surface area contributed by atoms with E-state index in [2.05, 4.69) is 15.8 Å². The smallest absolute Gasteiger partial charge is 0.0708 e. The molecule has 8 heteroatoms. The lowest BCUT2D eigenvalue weighted by Gasteiger charge is -2.54. The molecule has 2 fully saturated rings. The van der Waals surface area contributed by atoms with E-state index in [1.165, 1.54) is 0 Å². The van der Waals surface area contributed by atoms with Gasteiger partial charge in [0, 0.05) is 56.1 Å². The number of nitrogens with one attached hydrogen (secondary N) is 2. The summed E-state index contributed by atoms with van der Waals surface area (Å²) in [5.74, 6) is -0.495. The molecule has 2 saturated heterocycles. The van der Waals surface area contributed by atoms with Gasteiger partial charge in [-0.25, -0.2) is 0 Å². The minimum Gasteiger partial charge on any atom is -0.411 e. The highest BCUT2D eigenvalue weighted by molar-refractivity contribution is 6.31. The predicted octanol–water partition coefficient (Wildman–Crippen LogP) is 8.83. The Labute approximate surface area is 247 Å². The molecule has 2 bridgehead atoms. The van der Waals surface area contributed by atoms with Crippen molar-refractivity contribution < 1.29 is 5.21 Å². The number of nitrogens with zero attached hydrogens (tertiary/aromatic N) is 1. The van der Waals surface area contributed by atoms with Gasteiger partial charge in [-0.3, -0.25) is 0 Å².